The van der Waals surface area contributed by atoms with Crippen molar-refractivity contribution in [3.05, 3.63) is 18.0 Å². The fourth-order valence-corrected chi connectivity index (χ4v) is 1.50. The van der Waals surface area contributed by atoms with Crippen LogP contribution in [0, 0.1) is 0 Å². The average molecular weight is 254 g/mol. The van der Waals surface area contributed by atoms with E-state index in [4.69, 9.17) is 5.11 Å². The molecule has 18 heavy (non-hydrogen) atoms. The zero-order valence-electron chi connectivity index (χ0n) is 10.5. The summed E-state index contributed by atoms with van der Waals surface area (Å²) in [7, 11) is 1.84. The molecule has 1 aromatic rings. The summed E-state index contributed by atoms with van der Waals surface area (Å²) in [6, 6.07) is 1.01. The molecule has 1 atom stereocenters. The molecule has 0 aliphatic rings. The van der Waals surface area contributed by atoms with Crippen LogP contribution in [-0.4, -0.2) is 45.9 Å². The van der Waals surface area contributed by atoms with E-state index in [1.165, 1.54) is 6.92 Å². The zero-order valence-corrected chi connectivity index (χ0v) is 10.5. The summed E-state index contributed by atoms with van der Waals surface area (Å²) in [6.45, 7) is 2.10. The van der Waals surface area contributed by atoms with Gasteiger partial charge in [-0.15, -0.1) is 0 Å². The minimum Gasteiger partial charge on any atom is -0.480 e. The van der Waals surface area contributed by atoms with E-state index in [0.29, 0.717) is 13.0 Å². The molecule has 7 heteroatoms. The Morgan fingerprint density at radius 2 is 2.28 bits per heavy atom. The van der Waals surface area contributed by atoms with Gasteiger partial charge in [0.2, 0.25) is 5.91 Å². The number of aromatic nitrogens is 2. The number of nitrogens with one attached hydrogen (secondary N) is 2. The first-order chi connectivity index (χ1) is 8.49. The Kier molecular flexibility index (Phi) is 5.31. The van der Waals surface area contributed by atoms with Gasteiger partial charge in [0.25, 0.3) is 0 Å². The number of carboxylic acids is 1. The summed E-state index contributed by atoms with van der Waals surface area (Å²) < 4.78 is 1.71. The van der Waals surface area contributed by atoms with Crippen molar-refractivity contribution in [3.63, 3.8) is 0 Å². The van der Waals surface area contributed by atoms with Crippen molar-refractivity contribution in [2.75, 3.05) is 13.1 Å². The Bertz CT molecular complexity index is 416. The normalized spacial score (nSPS) is 12.1. The SMILES string of the molecule is CC(=O)NC(CNCCc1ccn(C)n1)C(=O)O. The maximum Gasteiger partial charge on any atom is 0.327 e. The van der Waals surface area contributed by atoms with Gasteiger partial charge in [-0.05, 0) is 6.07 Å². The van der Waals surface area contributed by atoms with E-state index in [2.05, 4.69) is 15.7 Å². The maximum atomic E-state index is 10.8. The van der Waals surface area contributed by atoms with Crippen molar-refractivity contribution in [1.82, 2.24) is 20.4 Å². The molecule has 1 heterocycles. The van der Waals surface area contributed by atoms with Crippen LogP contribution in [0.4, 0.5) is 0 Å². The number of amides is 1. The quantitative estimate of drug-likeness (QED) is 0.550. The van der Waals surface area contributed by atoms with Crippen LogP contribution in [-0.2, 0) is 23.1 Å². The molecule has 1 unspecified atom stereocenters. The van der Waals surface area contributed by atoms with Gasteiger partial charge in [-0.1, -0.05) is 0 Å². The molecule has 0 fully saturated rings. The highest BCUT2D eigenvalue weighted by Crippen LogP contribution is 1.94. The third kappa shape index (κ3) is 4.96. The number of nitrogens with zero attached hydrogens (tertiary/aromatic N) is 2. The smallest absolute Gasteiger partial charge is 0.327 e. The number of hydrogen-bond acceptors (Lipinski definition) is 4. The number of hydrogen-bond donors (Lipinski definition) is 3. The van der Waals surface area contributed by atoms with Gasteiger partial charge in [0.05, 0.1) is 5.69 Å². The van der Waals surface area contributed by atoms with Crippen LogP contribution in [0.2, 0.25) is 0 Å². The molecule has 0 aliphatic carbocycles. The van der Waals surface area contributed by atoms with Crippen LogP contribution in [0.5, 0.6) is 0 Å². The van der Waals surface area contributed by atoms with Gasteiger partial charge in [0.1, 0.15) is 6.04 Å². The molecule has 1 amide bonds. The molecule has 0 spiro atoms. The molecule has 0 aliphatic heterocycles. The lowest BCUT2D eigenvalue weighted by Crippen LogP contribution is -2.46. The standard InChI is InChI=1S/C11H18N4O3/c1-8(16)13-10(11(17)18)7-12-5-3-9-4-6-15(2)14-9/h4,6,10,12H,3,5,7H2,1-2H3,(H,13,16)(H,17,18). The largest absolute Gasteiger partial charge is 0.480 e. The van der Waals surface area contributed by atoms with Gasteiger partial charge >= 0.3 is 5.97 Å². The molecule has 3 N–H and O–H groups in total. The molecular weight excluding hydrogens is 236 g/mol. The fourth-order valence-electron chi connectivity index (χ4n) is 1.50. The number of carbonyl (C=O) groups is 2. The van der Waals surface area contributed by atoms with Crippen LogP contribution in [0.3, 0.4) is 0 Å². The Morgan fingerprint density at radius 1 is 1.56 bits per heavy atom. The molecular formula is C11H18N4O3. The lowest BCUT2D eigenvalue weighted by atomic mass is 10.2. The number of aryl methyl sites for hydroxylation is 1. The molecule has 0 saturated heterocycles. The lowest BCUT2D eigenvalue weighted by Gasteiger charge is -2.13. The average Bonchev–Trinajstić information content (AvgIpc) is 2.68. The van der Waals surface area contributed by atoms with Crippen LogP contribution in [0.1, 0.15) is 12.6 Å². The van der Waals surface area contributed by atoms with Crippen molar-refractivity contribution in [3.8, 4) is 0 Å². The number of carboxylic acid groups (broad SMARTS) is 1. The van der Waals surface area contributed by atoms with E-state index in [1.807, 2.05) is 19.3 Å². The van der Waals surface area contributed by atoms with Gasteiger partial charge in [0, 0.05) is 39.7 Å². The summed E-state index contributed by atoms with van der Waals surface area (Å²) in [6.07, 6.45) is 2.57. The summed E-state index contributed by atoms with van der Waals surface area (Å²) in [5.41, 5.74) is 0.941. The highest BCUT2D eigenvalue weighted by Gasteiger charge is 2.17. The predicted molar refractivity (Wildman–Crippen MR) is 65.0 cm³/mol. The molecule has 100 valence electrons. The third-order valence-electron chi connectivity index (χ3n) is 2.35. The first-order valence-corrected chi connectivity index (χ1v) is 5.68. The minimum absolute atomic E-state index is 0.196. The second-order valence-electron chi connectivity index (χ2n) is 4.03. The van der Waals surface area contributed by atoms with E-state index >= 15 is 0 Å². The van der Waals surface area contributed by atoms with Crippen molar-refractivity contribution < 1.29 is 14.7 Å². The van der Waals surface area contributed by atoms with Crippen molar-refractivity contribution in [2.45, 2.75) is 19.4 Å². The zero-order chi connectivity index (χ0) is 13.5. The third-order valence-corrected chi connectivity index (χ3v) is 2.35. The Hall–Kier alpha value is -1.89. The van der Waals surface area contributed by atoms with Crippen molar-refractivity contribution in [1.29, 1.82) is 0 Å². The van der Waals surface area contributed by atoms with Gasteiger partial charge in [0.15, 0.2) is 0 Å². The van der Waals surface area contributed by atoms with Gasteiger partial charge in [-0.25, -0.2) is 4.79 Å². The second kappa shape index (κ2) is 6.75. The van der Waals surface area contributed by atoms with Gasteiger partial charge < -0.3 is 15.7 Å². The molecule has 1 rings (SSSR count). The Balaban J connectivity index is 2.26. The highest BCUT2D eigenvalue weighted by atomic mass is 16.4. The summed E-state index contributed by atoms with van der Waals surface area (Å²) in [4.78, 5) is 21.6. The minimum atomic E-state index is -1.05. The highest BCUT2D eigenvalue weighted by molar-refractivity contribution is 5.82. The van der Waals surface area contributed by atoms with Crippen molar-refractivity contribution >= 4 is 11.9 Å². The number of aliphatic carboxylic acids is 1. The van der Waals surface area contributed by atoms with E-state index < -0.39 is 12.0 Å². The van der Waals surface area contributed by atoms with E-state index in [1.54, 1.807) is 4.68 Å². The predicted octanol–water partition coefficient (Wildman–Crippen LogP) is -0.858. The summed E-state index contributed by atoms with van der Waals surface area (Å²) in [5.74, 6) is -1.40. The van der Waals surface area contributed by atoms with E-state index in [-0.39, 0.29) is 12.5 Å². The summed E-state index contributed by atoms with van der Waals surface area (Å²) in [5, 5.41) is 18.4. The lowest BCUT2D eigenvalue weighted by molar-refractivity contribution is -0.141. The van der Waals surface area contributed by atoms with Crippen molar-refractivity contribution in [2.24, 2.45) is 7.05 Å². The van der Waals surface area contributed by atoms with Crippen LogP contribution in [0.15, 0.2) is 12.3 Å². The van der Waals surface area contributed by atoms with E-state index in [9.17, 15) is 9.59 Å². The van der Waals surface area contributed by atoms with Crippen LogP contribution >= 0.6 is 0 Å². The molecule has 0 radical (unpaired) electrons. The fraction of sp³-hybridized carbons (Fsp3) is 0.545. The Labute approximate surface area is 105 Å². The molecule has 0 aromatic carbocycles. The van der Waals surface area contributed by atoms with Crippen LogP contribution < -0.4 is 10.6 Å². The number of carbonyl (C=O) groups excluding carboxylic acids is 1. The molecule has 0 saturated carbocycles. The maximum absolute atomic E-state index is 10.8. The second-order valence-corrected chi connectivity index (χ2v) is 4.03. The summed E-state index contributed by atoms with van der Waals surface area (Å²) >= 11 is 0. The first kappa shape index (κ1) is 14.2. The van der Waals surface area contributed by atoms with Gasteiger partial charge in [-0.3, -0.25) is 9.48 Å². The van der Waals surface area contributed by atoms with Gasteiger partial charge in [-0.2, -0.15) is 5.10 Å². The van der Waals surface area contributed by atoms with Crippen LogP contribution in [0.25, 0.3) is 0 Å². The first-order valence-electron chi connectivity index (χ1n) is 5.68. The van der Waals surface area contributed by atoms with E-state index in [0.717, 1.165) is 5.69 Å². The Morgan fingerprint density at radius 3 is 2.78 bits per heavy atom. The molecule has 7 nitrogen and oxygen atoms in total. The monoisotopic (exact) mass is 254 g/mol. The molecule has 1 aromatic heterocycles. The number of rotatable bonds is 7. The topological polar surface area (TPSA) is 96.3 Å². The molecule has 0 bridgehead atoms.